The van der Waals surface area contributed by atoms with Crippen molar-refractivity contribution in [1.82, 2.24) is 4.98 Å². The number of aromatic nitrogens is 2. The van der Waals surface area contributed by atoms with Gasteiger partial charge in [0.05, 0.1) is 16.2 Å². The molecule has 0 aliphatic heterocycles. The van der Waals surface area contributed by atoms with Crippen LogP contribution in [0.5, 0.6) is 0 Å². The number of nitriles is 1. The van der Waals surface area contributed by atoms with E-state index in [1.54, 1.807) is 20.0 Å². The molecule has 106 valence electrons. The summed E-state index contributed by atoms with van der Waals surface area (Å²) in [5.41, 5.74) is 1.74. The fourth-order valence-electron chi connectivity index (χ4n) is 2.12. The zero-order chi connectivity index (χ0) is 15.4. The monoisotopic (exact) mass is 284 g/mol. The van der Waals surface area contributed by atoms with Gasteiger partial charge in [-0.3, -0.25) is 20.4 Å². The number of nitrogens with one attached hydrogen (secondary N) is 2. The van der Waals surface area contributed by atoms with Crippen molar-refractivity contribution in [3.63, 3.8) is 0 Å². The second-order valence-electron chi connectivity index (χ2n) is 4.52. The zero-order valence-electron chi connectivity index (χ0n) is 11.7. The topological polar surface area (TPSA) is 106 Å². The number of aryl methyl sites for hydroxylation is 1. The minimum atomic E-state index is -0.482. The van der Waals surface area contributed by atoms with Crippen molar-refractivity contribution in [2.75, 3.05) is 5.32 Å². The van der Waals surface area contributed by atoms with Crippen LogP contribution in [0.15, 0.2) is 24.4 Å². The average molecular weight is 284 g/mol. The van der Waals surface area contributed by atoms with E-state index in [2.05, 4.69) is 15.3 Å². The summed E-state index contributed by atoms with van der Waals surface area (Å²) in [4.78, 5) is 17.6. The second kappa shape index (κ2) is 5.96. The Balaban J connectivity index is 2.36. The molecular formula is C14H14N5O2+. The van der Waals surface area contributed by atoms with Crippen LogP contribution in [0.2, 0.25) is 0 Å². The molecule has 2 N–H and O–H groups in total. The van der Waals surface area contributed by atoms with Gasteiger partial charge in [0, 0.05) is 13.1 Å². The van der Waals surface area contributed by atoms with Crippen LogP contribution in [0.3, 0.4) is 0 Å². The summed E-state index contributed by atoms with van der Waals surface area (Å²) in [6.07, 6.45) is 1.68. The van der Waals surface area contributed by atoms with E-state index in [1.165, 1.54) is 0 Å². The summed E-state index contributed by atoms with van der Waals surface area (Å²) >= 11 is 0. The van der Waals surface area contributed by atoms with Gasteiger partial charge in [0.1, 0.15) is 12.6 Å². The molecule has 7 nitrogen and oxygen atoms in total. The van der Waals surface area contributed by atoms with Crippen LogP contribution in [-0.2, 0) is 6.54 Å². The normalized spacial score (nSPS) is 9.95. The third kappa shape index (κ3) is 2.95. The maximum atomic E-state index is 11.0. The molecule has 0 aliphatic carbocycles. The van der Waals surface area contributed by atoms with Gasteiger partial charge in [-0.05, 0) is 19.1 Å². The Kier molecular flexibility index (Phi) is 4.09. The van der Waals surface area contributed by atoms with Gasteiger partial charge in [0.15, 0.2) is 11.3 Å². The Hall–Kier alpha value is -3.01. The quantitative estimate of drug-likeness (QED) is 0.681. The van der Waals surface area contributed by atoms with Gasteiger partial charge in [-0.15, -0.1) is 0 Å². The lowest BCUT2D eigenvalue weighted by atomic mass is 10.1. The number of anilines is 1. The highest BCUT2D eigenvalue weighted by atomic mass is 16.6. The molecule has 0 fully saturated rings. The summed E-state index contributed by atoms with van der Waals surface area (Å²) < 4.78 is 0. The summed E-state index contributed by atoms with van der Waals surface area (Å²) in [5, 5.41) is 23.4. The predicted octanol–water partition coefficient (Wildman–Crippen LogP) is 1.90. The van der Waals surface area contributed by atoms with Crippen molar-refractivity contribution in [2.45, 2.75) is 20.4 Å². The Bertz CT molecular complexity index is 722. The first-order chi connectivity index (χ1) is 10.0. The third-order valence-electron chi connectivity index (χ3n) is 3.11. The summed E-state index contributed by atoms with van der Waals surface area (Å²) in [6.45, 7) is 3.60. The van der Waals surface area contributed by atoms with Crippen molar-refractivity contribution >= 4 is 11.5 Å². The van der Waals surface area contributed by atoms with Crippen LogP contribution >= 0.6 is 0 Å². The molecule has 2 aromatic rings. The highest BCUT2D eigenvalue weighted by Crippen LogP contribution is 2.26. The number of H-pyrrole nitrogens is 1. The maximum Gasteiger partial charge on any atom is 0.315 e. The van der Waals surface area contributed by atoms with E-state index >= 15 is 0 Å². The molecule has 2 rings (SSSR count). The molecule has 0 bridgehead atoms. The van der Waals surface area contributed by atoms with E-state index in [9.17, 15) is 15.4 Å². The van der Waals surface area contributed by atoms with Crippen molar-refractivity contribution < 1.29 is 9.91 Å². The van der Waals surface area contributed by atoms with Gasteiger partial charge >= 0.3 is 5.69 Å². The highest BCUT2D eigenvalue weighted by molar-refractivity contribution is 5.59. The fraction of sp³-hybridized carbons (Fsp3) is 0.214. The first kappa shape index (κ1) is 14.4. The first-order valence-corrected chi connectivity index (χ1v) is 6.29. The molecule has 21 heavy (non-hydrogen) atoms. The number of nitro groups is 1. The van der Waals surface area contributed by atoms with Crippen molar-refractivity contribution in [1.29, 1.82) is 5.26 Å². The molecule has 0 amide bonds. The third-order valence-corrected chi connectivity index (χ3v) is 3.11. The molecule has 7 heteroatoms. The van der Waals surface area contributed by atoms with Crippen LogP contribution in [0.4, 0.5) is 11.5 Å². The number of pyridine rings is 2. The van der Waals surface area contributed by atoms with Gasteiger partial charge in [0.25, 0.3) is 5.82 Å². The van der Waals surface area contributed by atoms with Crippen LogP contribution < -0.4 is 10.3 Å². The van der Waals surface area contributed by atoms with Crippen LogP contribution in [0.25, 0.3) is 0 Å². The summed E-state index contributed by atoms with van der Waals surface area (Å²) in [5.74, 6) is 0.462. The Labute approximate surface area is 121 Å². The molecule has 2 aromatic heterocycles. The van der Waals surface area contributed by atoms with E-state index in [0.29, 0.717) is 23.6 Å². The zero-order valence-corrected chi connectivity index (χ0v) is 11.7. The summed E-state index contributed by atoms with van der Waals surface area (Å²) in [7, 11) is 0. The molecule has 0 aromatic carbocycles. The van der Waals surface area contributed by atoms with Gasteiger partial charge in [-0.25, -0.2) is 4.98 Å². The van der Waals surface area contributed by atoms with E-state index in [-0.39, 0.29) is 11.3 Å². The number of nitrogens with zero attached hydrogens (tertiary/aromatic N) is 3. The minimum Gasteiger partial charge on any atom is -0.268 e. The number of hydrogen-bond acceptors (Lipinski definition) is 5. The van der Waals surface area contributed by atoms with Gasteiger partial charge in [-0.1, -0.05) is 6.07 Å². The lowest BCUT2D eigenvalue weighted by Crippen LogP contribution is -2.21. The smallest absolute Gasteiger partial charge is 0.268 e. The molecule has 0 unspecified atom stereocenters. The lowest BCUT2D eigenvalue weighted by molar-refractivity contribution is -0.419. The van der Waals surface area contributed by atoms with Crippen molar-refractivity contribution in [3.8, 4) is 6.07 Å². The van der Waals surface area contributed by atoms with E-state index in [0.717, 1.165) is 5.69 Å². The van der Waals surface area contributed by atoms with Crippen LogP contribution in [-0.4, -0.2) is 9.91 Å². The first-order valence-electron chi connectivity index (χ1n) is 6.29. The number of aromatic amines is 1. The second-order valence-corrected chi connectivity index (χ2v) is 4.52. The SMILES string of the molecule is Cc1[nH+]c(NCc2ccccn2)c(C#N)c(C)c1[N+](=O)[O-]. The fourth-order valence-corrected chi connectivity index (χ4v) is 2.12. The summed E-state index contributed by atoms with van der Waals surface area (Å²) in [6, 6.07) is 7.54. The number of rotatable bonds is 4. The Morgan fingerprint density at radius 1 is 1.48 bits per heavy atom. The standard InChI is InChI=1S/C14H13N5O2/c1-9-12(7-15)14(18-10(2)13(9)19(20)21)17-8-11-5-3-4-6-16-11/h3-6H,8H2,1-2H3,(H,17,18)/p+1. The predicted molar refractivity (Wildman–Crippen MR) is 75.4 cm³/mol. The lowest BCUT2D eigenvalue weighted by Gasteiger charge is -2.05. The molecule has 0 saturated carbocycles. The van der Waals surface area contributed by atoms with Crippen molar-refractivity contribution in [3.05, 3.63) is 57.0 Å². The van der Waals surface area contributed by atoms with E-state index < -0.39 is 4.92 Å². The molecule has 2 heterocycles. The molecule has 0 atom stereocenters. The van der Waals surface area contributed by atoms with Crippen molar-refractivity contribution in [2.24, 2.45) is 0 Å². The Morgan fingerprint density at radius 3 is 2.81 bits per heavy atom. The largest absolute Gasteiger partial charge is 0.315 e. The van der Waals surface area contributed by atoms with Crippen LogP contribution in [0.1, 0.15) is 22.5 Å². The van der Waals surface area contributed by atoms with Gasteiger partial charge in [0.2, 0.25) is 0 Å². The molecule has 0 aliphatic rings. The molecule has 0 spiro atoms. The molecule has 0 radical (unpaired) electrons. The van der Waals surface area contributed by atoms with E-state index in [4.69, 9.17) is 0 Å². The molecule has 0 saturated heterocycles. The van der Waals surface area contributed by atoms with E-state index in [1.807, 2.05) is 24.3 Å². The number of hydrogen-bond donors (Lipinski definition) is 1. The minimum absolute atomic E-state index is 0.0602. The highest BCUT2D eigenvalue weighted by Gasteiger charge is 2.26. The van der Waals surface area contributed by atoms with Gasteiger partial charge < -0.3 is 0 Å². The van der Waals surface area contributed by atoms with Gasteiger partial charge in [-0.2, -0.15) is 5.26 Å². The molecular weight excluding hydrogens is 270 g/mol. The Morgan fingerprint density at radius 2 is 2.24 bits per heavy atom. The average Bonchev–Trinajstić information content (AvgIpc) is 2.45. The maximum absolute atomic E-state index is 11.0. The van der Waals surface area contributed by atoms with Crippen LogP contribution in [0, 0.1) is 35.3 Å².